The predicted molar refractivity (Wildman–Crippen MR) is 117 cm³/mol. The molecule has 0 aliphatic carbocycles. The molecule has 0 spiro atoms. The van der Waals surface area contributed by atoms with Crippen molar-refractivity contribution in [3.05, 3.63) is 65.7 Å². The van der Waals surface area contributed by atoms with Crippen LogP contribution in [0, 0.1) is 13.8 Å². The summed E-state index contributed by atoms with van der Waals surface area (Å²) in [6.07, 6.45) is 3.67. The summed E-state index contributed by atoms with van der Waals surface area (Å²) in [6.45, 7) is 6.23. The number of benzene rings is 2. The molecule has 0 radical (unpaired) electrons. The number of hydrogen-bond donors (Lipinski definition) is 1. The number of nitrogen functional groups attached to an aromatic ring is 1. The van der Waals surface area contributed by atoms with Crippen LogP contribution in [0.25, 0.3) is 0 Å². The average molecular weight is 374 g/mol. The van der Waals surface area contributed by atoms with E-state index in [9.17, 15) is 0 Å². The Morgan fingerprint density at radius 3 is 1.86 bits per heavy atom. The fraction of sp³-hybridized carbons (Fsp3) is 0.304. The lowest BCUT2D eigenvalue weighted by Gasteiger charge is -2.30. The Balaban J connectivity index is 1.80. The van der Waals surface area contributed by atoms with Crippen LogP contribution in [0.1, 0.15) is 30.4 Å². The smallest absolute Gasteiger partial charge is 0.223 e. The fourth-order valence-electron chi connectivity index (χ4n) is 3.64. The third kappa shape index (κ3) is 3.93. The van der Waals surface area contributed by atoms with Crippen LogP contribution in [0.3, 0.4) is 0 Å². The molecule has 28 heavy (non-hydrogen) atoms. The van der Waals surface area contributed by atoms with Crippen LogP contribution in [0.2, 0.25) is 0 Å². The van der Waals surface area contributed by atoms with Gasteiger partial charge in [0.25, 0.3) is 0 Å². The van der Waals surface area contributed by atoms with Gasteiger partial charge >= 0.3 is 0 Å². The molecular formula is C23H27N5. The van der Waals surface area contributed by atoms with E-state index in [-0.39, 0.29) is 0 Å². The second-order valence-electron chi connectivity index (χ2n) is 7.50. The van der Waals surface area contributed by atoms with Crippen molar-refractivity contribution >= 4 is 29.0 Å². The summed E-state index contributed by atoms with van der Waals surface area (Å²) in [5.74, 6) is 2.01. The molecule has 1 saturated heterocycles. The van der Waals surface area contributed by atoms with Crippen molar-refractivity contribution in [2.45, 2.75) is 33.1 Å². The van der Waals surface area contributed by atoms with Gasteiger partial charge < -0.3 is 10.6 Å². The Kier molecular flexibility index (Phi) is 5.15. The monoisotopic (exact) mass is 373 g/mol. The molecule has 144 valence electrons. The first-order valence-corrected chi connectivity index (χ1v) is 9.93. The molecule has 0 amide bonds. The van der Waals surface area contributed by atoms with Crippen molar-refractivity contribution in [3.8, 4) is 0 Å². The van der Waals surface area contributed by atoms with E-state index in [2.05, 4.69) is 88.2 Å². The van der Waals surface area contributed by atoms with Gasteiger partial charge in [0, 0.05) is 30.5 Å². The molecule has 1 aliphatic heterocycles. The van der Waals surface area contributed by atoms with Crippen molar-refractivity contribution in [3.63, 3.8) is 0 Å². The molecule has 0 saturated carbocycles. The summed E-state index contributed by atoms with van der Waals surface area (Å²) in [7, 11) is 0. The normalized spacial score (nSPS) is 14.1. The summed E-state index contributed by atoms with van der Waals surface area (Å²) in [5.41, 5.74) is 10.7. The van der Waals surface area contributed by atoms with E-state index < -0.39 is 0 Å². The van der Waals surface area contributed by atoms with E-state index in [0.717, 1.165) is 36.1 Å². The number of aryl methyl sites for hydroxylation is 2. The maximum atomic E-state index is 6.13. The van der Waals surface area contributed by atoms with Gasteiger partial charge in [0.05, 0.1) is 0 Å². The molecule has 4 rings (SSSR count). The van der Waals surface area contributed by atoms with Gasteiger partial charge in [-0.2, -0.15) is 9.97 Å². The van der Waals surface area contributed by atoms with Crippen LogP contribution in [0.4, 0.5) is 29.0 Å². The van der Waals surface area contributed by atoms with Crippen molar-refractivity contribution < 1.29 is 0 Å². The minimum Gasteiger partial charge on any atom is -0.368 e. The molecule has 2 aromatic carbocycles. The quantitative estimate of drug-likeness (QED) is 0.686. The fourth-order valence-corrected chi connectivity index (χ4v) is 3.64. The van der Waals surface area contributed by atoms with Crippen LogP contribution in [-0.4, -0.2) is 23.1 Å². The first-order valence-electron chi connectivity index (χ1n) is 9.93. The van der Waals surface area contributed by atoms with Crippen molar-refractivity contribution in [1.29, 1.82) is 0 Å². The molecule has 0 atom stereocenters. The number of anilines is 5. The lowest BCUT2D eigenvalue weighted by atomic mass is 10.1. The van der Waals surface area contributed by atoms with Gasteiger partial charge in [-0.15, -0.1) is 0 Å². The second kappa shape index (κ2) is 7.89. The summed E-state index contributed by atoms with van der Waals surface area (Å²) in [4.78, 5) is 13.6. The minimum absolute atomic E-state index is 0.308. The number of nitrogens with zero attached hydrogens (tertiary/aromatic N) is 4. The van der Waals surface area contributed by atoms with Crippen molar-refractivity contribution in [2.75, 3.05) is 28.6 Å². The average Bonchev–Trinajstić information content (AvgIpc) is 2.71. The molecule has 5 heteroatoms. The van der Waals surface area contributed by atoms with Gasteiger partial charge in [-0.25, -0.2) is 0 Å². The first-order chi connectivity index (χ1) is 13.6. The number of hydrogen-bond acceptors (Lipinski definition) is 5. The molecule has 0 unspecified atom stereocenters. The molecule has 5 nitrogen and oxygen atoms in total. The Bertz CT molecular complexity index is 883. The second-order valence-corrected chi connectivity index (χ2v) is 7.50. The van der Waals surface area contributed by atoms with Crippen LogP contribution in [0.5, 0.6) is 0 Å². The number of rotatable bonds is 4. The van der Waals surface area contributed by atoms with E-state index in [1.165, 1.54) is 30.4 Å². The summed E-state index contributed by atoms with van der Waals surface area (Å²) < 4.78 is 0. The highest BCUT2D eigenvalue weighted by atomic mass is 15.3. The van der Waals surface area contributed by atoms with Gasteiger partial charge in [-0.05, 0) is 57.4 Å². The van der Waals surface area contributed by atoms with Crippen LogP contribution in [-0.2, 0) is 0 Å². The first kappa shape index (κ1) is 18.3. The van der Waals surface area contributed by atoms with Crippen LogP contribution in [0.15, 0.2) is 54.6 Å². The highest BCUT2D eigenvalue weighted by molar-refractivity contribution is 5.76. The van der Waals surface area contributed by atoms with Gasteiger partial charge in [0.2, 0.25) is 5.95 Å². The summed E-state index contributed by atoms with van der Waals surface area (Å²) >= 11 is 0. The third-order valence-corrected chi connectivity index (χ3v) is 5.21. The molecule has 1 aliphatic rings. The summed E-state index contributed by atoms with van der Waals surface area (Å²) in [6, 6.07) is 19.0. The molecule has 0 bridgehead atoms. The largest absolute Gasteiger partial charge is 0.368 e. The van der Waals surface area contributed by atoms with Crippen LogP contribution < -0.4 is 15.5 Å². The van der Waals surface area contributed by atoms with Gasteiger partial charge in [0.15, 0.2) is 0 Å². The molecule has 2 heterocycles. The highest BCUT2D eigenvalue weighted by Gasteiger charge is 2.19. The molecule has 2 N–H and O–H groups in total. The third-order valence-electron chi connectivity index (χ3n) is 5.21. The lowest BCUT2D eigenvalue weighted by Crippen LogP contribution is -2.30. The molecule has 1 fully saturated rings. The summed E-state index contributed by atoms with van der Waals surface area (Å²) in [5, 5.41) is 0. The molecular weight excluding hydrogens is 346 g/mol. The predicted octanol–water partition coefficient (Wildman–Crippen LogP) is 5.14. The van der Waals surface area contributed by atoms with Crippen LogP contribution >= 0.6 is 0 Å². The van der Waals surface area contributed by atoms with E-state index in [4.69, 9.17) is 5.73 Å². The Hall–Kier alpha value is -3.08. The Morgan fingerprint density at radius 2 is 1.32 bits per heavy atom. The zero-order chi connectivity index (χ0) is 19.5. The number of aromatic nitrogens is 2. The maximum Gasteiger partial charge on any atom is 0.223 e. The Labute approximate surface area is 166 Å². The minimum atomic E-state index is 0.308. The SMILES string of the molecule is Cc1ccc(N(c2ccc(C)cc2)c2cc(N3CCCCC3)nc(N)n2)cc1. The van der Waals surface area contributed by atoms with E-state index in [0.29, 0.717) is 5.95 Å². The number of piperidine rings is 1. The van der Waals surface area contributed by atoms with Gasteiger partial charge in [0.1, 0.15) is 11.6 Å². The van der Waals surface area contributed by atoms with Gasteiger partial charge in [-0.1, -0.05) is 35.4 Å². The standard InChI is InChI=1S/C23H27N5/c1-17-6-10-19(11-7-17)28(20-12-8-18(2)9-13-20)22-16-21(25-23(24)26-22)27-14-4-3-5-15-27/h6-13,16H,3-5,14-15H2,1-2H3,(H2,24,25,26). The van der Waals surface area contributed by atoms with E-state index >= 15 is 0 Å². The van der Waals surface area contributed by atoms with Crippen molar-refractivity contribution in [1.82, 2.24) is 9.97 Å². The van der Waals surface area contributed by atoms with E-state index in [1.807, 2.05) is 0 Å². The molecule has 1 aromatic heterocycles. The topological polar surface area (TPSA) is 58.3 Å². The highest BCUT2D eigenvalue weighted by Crippen LogP contribution is 2.35. The lowest BCUT2D eigenvalue weighted by molar-refractivity contribution is 0.573. The Morgan fingerprint density at radius 1 is 0.786 bits per heavy atom. The van der Waals surface area contributed by atoms with Crippen molar-refractivity contribution in [2.24, 2.45) is 0 Å². The number of nitrogens with two attached hydrogens (primary N) is 1. The maximum absolute atomic E-state index is 6.13. The van der Waals surface area contributed by atoms with E-state index in [1.54, 1.807) is 0 Å². The molecule has 3 aromatic rings. The van der Waals surface area contributed by atoms with Gasteiger partial charge in [-0.3, -0.25) is 4.90 Å². The zero-order valence-electron chi connectivity index (χ0n) is 16.6. The zero-order valence-corrected chi connectivity index (χ0v) is 16.6.